The average Bonchev–Trinajstić information content (AvgIpc) is 2.71. The molecule has 0 aliphatic heterocycles. The quantitative estimate of drug-likeness (QED) is 0.630. The Bertz CT molecular complexity index is 727. The molecule has 0 bridgehead atoms. The zero-order valence-electron chi connectivity index (χ0n) is 15.8. The maximum atomic E-state index is 12.1. The van der Waals surface area contributed by atoms with Crippen LogP contribution in [0, 0.1) is 0 Å². The SMILES string of the molecule is CCCCOc1ccc(C(=O)NCCNC(=O)c2ccc(OC)cc2)cc1. The zero-order valence-corrected chi connectivity index (χ0v) is 15.8. The molecule has 2 aromatic rings. The number of carbonyl (C=O) groups is 2. The molecule has 0 saturated carbocycles. The van der Waals surface area contributed by atoms with E-state index in [9.17, 15) is 9.59 Å². The largest absolute Gasteiger partial charge is 0.497 e. The van der Waals surface area contributed by atoms with E-state index in [4.69, 9.17) is 9.47 Å². The van der Waals surface area contributed by atoms with Crippen molar-refractivity contribution in [2.45, 2.75) is 19.8 Å². The van der Waals surface area contributed by atoms with Gasteiger partial charge in [-0.25, -0.2) is 0 Å². The van der Waals surface area contributed by atoms with Crippen LogP contribution < -0.4 is 20.1 Å². The predicted molar refractivity (Wildman–Crippen MR) is 105 cm³/mol. The summed E-state index contributed by atoms with van der Waals surface area (Å²) < 4.78 is 10.6. The smallest absolute Gasteiger partial charge is 0.251 e. The number of hydrogen-bond acceptors (Lipinski definition) is 4. The first-order valence-corrected chi connectivity index (χ1v) is 9.07. The van der Waals surface area contributed by atoms with Crippen LogP contribution in [0.2, 0.25) is 0 Å². The number of hydrogen-bond donors (Lipinski definition) is 2. The van der Waals surface area contributed by atoms with Gasteiger partial charge in [-0.3, -0.25) is 9.59 Å². The Kier molecular flexibility index (Phi) is 8.16. The molecule has 0 heterocycles. The molecule has 6 nitrogen and oxygen atoms in total. The molecular weight excluding hydrogens is 344 g/mol. The number of carbonyl (C=O) groups excluding carboxylic acids is 2. The van der Waals surface area contributed by atoms with Gasteiger partial charge in [-0.15, -0.1) is 0 Å². The maximum Gasteiger partial charge on any atom is 0.251 e. The van der Waals surface area contributed by atoms with Gasteiger partial charge in [-0.05, 0) is 55.0 Å². The third-order valence-electron chi connectivity index (χ3n) is 3.93. The van der Waals surface area contributed by atoms with E-state index in [1.54, 1.807) is 55.6 Å². The van der Waals surface area contributed by atoms with E-state index >= 15 is 0 Å². The lowest BCUT2D eigenvalue weighted by Gasteiger charge is -2.09. The maximum absolute atomic E-state index is 12.1. The number of unbranched alkanes of at least 4 members (excludes halogenated alkanes) is 1. The molecule has 0 aliphatic carbocycles. The molecule has 0 saturated heterocycles. The summed E-state index contributed by atoms with van der Waals surface area (Å²) in [6, 6.07) is 13.9. The van der Waals surface area contributed by atoms with Gasteiger partial charge < -0.3 is 20.1 Å². The van der Waals surface area contributed by atoms with Crippen molar-refractivity contribution in [1.29, 1.82) is 0 Å². The fourth-order valence-corrected chi connectivity index (χ4v) is 2.34. The molecule has 0 aromatic heterocycles. The van der Waals surface area contributed by atoms with Gasteiger partial charge in [0.25, 0.3) is 11.8 Å². The molecule has 0 spiro atoms. The first-order chi connectivity index (χ1) is 13.1. The predicted octanol–water partition coefficient (Wildman–Crippen LogP) is 3.03. The first-order valence-electron chi connectivity index (χ1n) is 9.07. The van der Waals surface area contributed by atoms with Crippen molar-refractivity contribution in [2.24, 2.45) is 0 Å². The first kappa shape index (κ1) is 20.3. The van der Waals surface area contributed by atoms with Crippen molar-refractivity contribution in [3.05, 3.63) is 59.7 Å². The highest BCUT2D eigenvalue weighted by Gasteiger charge is 2.07. The lowest BCUT2D eigenvalue weighted by molar-refractivity contribution is 0.0927. The van der Waals surface area contributed by atoms with Crippen LogP contribution in [-0.4, -0.2) is 38.6 Å². The number of amides is 2. The molecule has 144 valence electrons. The number of ether oxygens (including phenoxy) is 2. The minimum atomic E-state index is -0.194. The van der Waals surface area contributed by atoms with E-state index in [2.05, 4.69) is 17.6 Å². The molecule has 2 aromatic carbocycles. The number of rotatable bonds is 10. The van der Waals surface area contributed by atoms with Crippen molar-refractivity contribution >= 4 is 11.8 Å². The van der Waals surface area contributed by atoms with Crippen molar-refractivity contribution in [2.75, 3.05) is 26.8 Å². The van der Waals surface area contributed by atoms with E-state index in [0.29, 0.717) is 36.6 Å². The van der Waals surface area contributed by atoms with Crippen LogP contribution in [0.3, 0.4) is 0 Å². The third kappa shape index (κ3) is 6.66. The van der Waals surface area contributed by atoms with Gasteiger partial charge in [0.05, 0.1) is 13.7 Å². The summed E-state index contributed by atoms with van der Waals surface area (Å²) in [4.78, 5) is 24.1. The zero-order chi connectivity index (χ0) is 19.5. The molecule has 27 heavy (non-hydrogen) atoms. The van der Waals surface area contributed by atoms with E-state index in [0.717, 1.165) is 18.6 Å². The van der Waals surface area contributed by atoms with E-state index < -0.39 is 0 Å². The standard InChI is InChI=1S/C21H26N2O4/c1-3-4-15-27-19-11-7-17(8-12-19)21(25)23-14-13-22-20(24)16-5-9-18(26-2)10-6-16/h5-12H,3-4,13-15H2,1-2H3,(H,22,24)(H,23,25). The van der Waals surface area contributed by atoms with E-state index in [-0.39, 0.29) is 11.8 Å². The summed E-state index contributed by atoms with van der Waals surface area (Å²) in [5.74, 6) is 1.07. The molecule has 0 fully saturated rings. The highest BCUT2D eigenvalue weighted by molar-refractivity contribution is 5.95. The van der Waals surface area contributed by atoms with Crippen LogP contribution in [-0.2, 0) is 0 Å². The Hall–Kier alpha value is -3.02. The molecule has 0 atom stereocenters. The van der Waals surface area contributed by atoms with Crippen LogP contribution in [0.15, 0.2) is 48.5 Å². The minimum Gasteiger partial charge on any atom is -0.497 e. The Morgan fingerprint density at radius 2 is 1.30 bits per heavy atom. The Labute approximate surface area is 159 Å². The number of benzene rings is 2. The van der Waals surface area contributed by atoms with Gasteiger partial charge in [0.15, 0.2) is 0 Å². The highest BCUT2D eigenvalue weighted by atomic mass is 16.5. The molecule has 2 rings (SSSR count). The second-order valence-corrected chi connectivity index (χ2v) is 5.97. The van der Waals surface area contributed by atoms with Crippen molar-refractivity contribution < 1.29 is 19.1 Å². The highest BCUT2D eigenvalue weighted by Crippen LogP contribution is 2.13. The fraction of sp³-hybridized carbons (Fsp3) is 0.333. The summed E-state index contributed by atoms with van der Waals surface area (Å²) in [5.41, 5.74) is 1.10. The van der Waals surface area contributed by atoms with Gasteiger partial charge in [-0.2, -0.15) is 0 Å². The summed E-state index contributed by atoms with van der Waals surface area (Å²) >= 11 is 0. The van der Waals surface area contributed by atoms with Gasteiger partial charge in [0.2, 0.25) is 0 Å². The molecular formula is C21H26N2O4. The molecule has 2 amide bonds. The summed E-state index contributed by atoms with van der Waals surface area (Å²) in [7, 11) is 1.57. The lowest BCUT2D eigenvalue weighted by atomic mass is 10.2. The minimum absolute atomic E-state index is 0.186. The van der Waals surface area contributed by atoms with E-state index in [1.165, 1.54) is 0 Å². The van der Waals surface area contributed by atoms with Gasteiger partial charge in [0, 0.05) is 24.2 Å². The molecule has 0 unspecified atom stereocenters. The van der Waals surface area contributed by atoms with Crippen molar-refractivity contribution in [1.82, 2.24) is 10.6 Å². The summed E-state index contributed by atoms with van der Waals surface area (Å²) in [5, 5.41) is 5.55. The second-order valence-electron chi connectivity index (χ2n) is 5.97. The van der Waals surface area contributed by atoms with Gasteiger partial charge in [0.1, 0.15) is 11.5 Å². The van der Waals surface area contributed by atoms with Gasteiger partial charge >= 0.3 is 0 Å². The van der Waals surface area contributed by atoms with Crippen LogP contribution >= 0.6 is 0 Å². The monoisotopic (exact) mass is 370 g/mol. The Balaban J connectivity index is 1.71. The summed E-state index contributed by atoms with van der Waals surface area (Å²) in [6.45, 7) is 3.47. The van der Waals surface area contributed by atoms with Crippen LogP contribution in [0.1, 0.15) is 40.5 Å². The Morgan fingerprint density at radius 1 is 0.815 bits per heavy atom. The summed E-state index contributed by atoms with van der Waals surface area (Å²) in [6.07, 6.45) is 2.08. The van der Waals surface area contributed by atoms with Gasteiger partial charge in [-0.1, -0.05) is 13.3 Å². The lowest BCUT2D eigenvalue weighted by Crippen LogP contribution is -2.34. The van der Waals surface area contributed by atoms with Crippen LogP contribution in [0.25, 0.3) is 0 Å². The van der Waals surface area contributed by atoms with Crippen LogP contribution in [0.4, 0.5) is 0 Å². The van der Waals surface area contributed by atoms with Crippen molar-refractivity contribution in [3.8, 4) is 11.5 Å². The molecule has 6 heteroatoms. The Morgan fingerprint density at radius 3 is 1.74 bits per heavy atom. The van der Waals surface area contributed by atoms with Crippen molar-refractivity contribution in [3.63, 3.8) is 0 Å². The number of methoxy groups -OCH3 is 1. The third-order valence-corrected chi connectivity index (χ3v) is 3.93. The van der Waals surface area contributed by atoms with E-state index in [1.807, 2.05) is 0 Å². The molecule has 0 aliphatic rings. The normalized spacial score (nSPS) is 10.1. The number of nitrogens with one attached hydrogen (secondary N) is 2. The topological polar surface area (TPSA) is 76.7 Å². The molecule has 2 N–H and O–H groups in total. The average molecular weight is 370 g/mol. The molecule has 0 radical (unpaired) electrons. The second kappa shape index (κ2) is 10.9. The van der Waals surface area contributed by atoms with Crippen LogP contribution in [0.5, 0.6) is 11.5 Å². The fourth-order valence-electron chi connectivity index (χ4n) is 2.34.